The Morgan fingerprint density at radius 1 is 0.719 bits per heavy atom. The van der Waals surface area contributed by atoms with E-state index in [1.807, 2.05) is 48.5 Å². The third kappa shape index (κ3) is 4.06. The molecule has 0 radical (unpaired) electrons. The van der Waals surface area contributed by atoms with E-state index in [2.05, 4.69) is 59.3 Å². The Morgan fingerprint density at radius 3 is 2.22 bits per heavy atom. The molecule has 156 valence electrons. The van der Waals surface area contributed by atoms with Crippen LogP contribution in [0.25, 0.3) is 22.0 Å². The van der Waals surface area contributed by atoms with Gasteiger partial charge in [-0.3, -0.25) is 0 Å². The van der Waals surface area contributed by atoms with E-state index < -0.39 is 5.97 Å². The first-order chi connectivity index (χ1) is 15.7. The molecule has 0 saturated carbocycles. The molecule has 0 aliphatic carbocycles. The number of carboxylic acid groups (broad SMARTS) is 1. The SMILES string of the molecule is O=C(O)c1cc(-c2ccccc2)ccc1Cc1ccc2c(ccn2Cc2ccccc2)c1. The maximum Gasteiger partial charge on any atom is 0.335 e. The van der Waals surface area contributed by atoms with Gasteiger partial charge in [-0.05, 0) is 63.9 Å². The fourth-order valence-electron chi connectivity index (χ4n) is 4.24. The van der Waals surface area contributed by atoms with Crippen molar-refractivity contribution < 1.29 is 9.90 Å². The van der Waals surface area contributed by atoms with Crippen molar-refractivity contribution in [3.05, 3.63) is 132 Å². The van der Waals surface area contributed by atoms with Gasteiger partial charge in [-0.25, -0.2) is 4.79 Å². The van der Waals surface area contributed by atoms with E-state index in [1.165, 1.54) is 11.1 Å². The lowest BCUT2D eigenvalue weighted by atomic mass is 9.95. The highest BCUT2D eigenvalue weighted by Crippen LogP contribution is 2.26. The summed E-state index contributed by atoms with van der Waals surface area (Å²) in [6, 6.07) is 34.5. The van der Waals surface area contributed by atoms with Crippen LogP contribution in [0.4, 0.5) is 0 Å². The van der Waals surface area contributed by atoms with Crippen molar-refractivity contribution in [2.75, 3.05) is 0 Å². The van der Waals surface area contributed by atoms with E-state index in [0.29, 0.717) is 12.0 Å². The number of hydrogen-bond acceptors (Lipinski definition) is 1. The van der Waals surface area contributed by atoms with Gasteiger partial charge in [0.05, 0.1) is 5.56 Å². The molecule has 1 heterocycles. The predicted octanol–water partition coefficient (Wildman–Crippen LogP) is 6.65. The zero-order valence-electron chi connectivity index (χ0n) is 17.6. The number of rotatable bonds is 6. The van der Waals surface area contributed by atoms with E-state index >= 15 is 0 Å². The molecule has 1 N–H and O–H groups in total. The minimum atomic E-state index is -0.895. The van der Waals surface area contributed by atoms with Crippen molar-refractivity contribution in [3.63, 3.8) is 0 Å². The first-order valence-corrected chi connectivity index (χ1v) is 10.7. The van der Waals surface area contributed by atoms with Crippen LogP contribution < -0.4 is 0 Å². The molecule has 1 aromatic heterocycles. The Balaban J connectivity index is 1.43. The van der Waals surface area contributed by atoms with Gasteiger partial charge >= 0.3 is 5.97 Å². The van der Waals surface area contributed by atoms with Gasteiger partial charge in [-0.2, -0.15) is 0 Å². The summed E-state index contributed by atoms with van der Waals surface area (Å²) in [5.41, 5.74) is 6.65. The maximum absolute atomic E-state index is 12.0. The Morgan fingerprint density at radius 2 is 1.47 bits per heavy atom. The minimum Gasteiger partial charge on any atom is -0.478 e. The molecule has 0 unspecified atom stereocenters. The highest BCUT2D eigenvalue weighted by atomic mass is 16.4. The molecule has 5 aromatic rings. The lowest BCUT2D eigenvalue weighted by molar-refractivity contribution is 0.0696. The van der Waals surface area contributed by atoms with Crippen molar-refractivity contribution in [2.45, 2.75) is 13.0 Å². The first-order valence-electron chi connectivity index (χ1n) is 10.7. The fraction of sp³-hybridized carbons (Fsp3) is 0.0690. The van der Waals surface area contributed by atoms with Crippen LogP contribution in [0.3, 0.4) is 0 Å². The first kappa shape index (κ1) is 19.8. The molecule has 32 heavy (non-hydrogen) atoms. The van der Waals surface area contributed by atoms with Crippen molar-refractivity contribution >= 4 is 16.9 Å². The average molecular weight is 418 g/mol. The molecule has 3 nitrogen and oxygen atoms in total. The Labute approximate surface area is 187 Å². The summed E-state index contributed by atoms with van der Waals surface area (Å²) in [5.74, 6) is -0.895. The zero-order valence-corrected chi connectivity index (χ0v) is 17.6. The molecule has 0 bridgehead atoms. The quantitative estimate of drug-likeness (QED) is 0.336. The van der Waals surface area contributed by atoms with Crippen LogP contribution in [-0.4, -0.2) is 15.6 Å². The van der Waals surface area contributed by atoms with Gasteiger partial charge in [0.1, 0.15) is 0 Å². The van der Waals surface area contributed by atoms with E-state index in [-0.39, 0.29) is 0 Å². The lowest BCUT2D eigenvalue weighted by Crippen LogP contribution is -2.04. The predicted molar refractivity (Wildman–Crippen MR) is 129 cm³/mol. The monoisotopic (exact) mass is 417 g/mol. The van der Waals surface area contributed by atoms with Crippen LogP contribution in [-0.2, 0) is 13.0 Å². The highest BCUT2D eigenvalue weighted by molar-refractivity contribution is 5.91. The third-order valence-electron chi connectivity index (χ3n) is 5.87. The number of fused-ring (bicyclic) bond motifs is 1. The smallest absolute Gasteiger partial charge is 0.335 e. The van der Waals surface area contributed by atoms with Crippen LogP contribution >= 0.6 is 0 Å². The molecule has 5 rings (SSSR count). The Bertz CT molecular complexity index is 1390. The molecule has 4 aromatic carbocycles. The van der Waals surface area contributed by atoms with Crippen LogP contribution in [0, 0.1) is 0 Å². The van der Waals surface area contributed by atoms with Crippen molar-refractivity contribution in [3.8, 4) is 11.1 Å². The lowest BCUT2D eigenvalue weighted by Gasteiger charge is -2.10. The summed E-state index contributed by atoms with van der Waals surface area (Å²) in [5, 5.41) is 11.0. The molecule has 0 saturated heterocycles. The molecular formula is C29H23NO2. The standard InChI is InChI=1S/C29H23NO2/c31-29(32)27-19-24(23-9-5-2-6-10-23)12-13-25(27)17-22-11-14-28-26(18-22)15-16-30(28)20-21-7-3-1-4-8-21/h1-16,18-19H,17,20H2,(H,31,32). The van der Waals surface area contributed by atoms with Crippen LogP contribution in [0.15, 0.2) is 109 Å². The average Bonchev–Trinajstić information content (AvgIpc) is 3.22. The van der Waals surface area contributed by atoms with Gasteiger partial charge in [0.25, 0.3) is 0 Å². The number of carbonyl (C=O) groups is 1. The van der Waals surface area contributed by atoms with Gasteiger partial charge in [0.15, 0.2) is 0 Å². The maximum atomic E-state index is 12.0. The second kappa shape index (κ2) is 8.56. The van der Waals surface area contributed by atoms with Crippen LogP contribution in [0.5, 0.6) is 0 Å². The molecule has 0 atom stereocenters. The molecular weight excluding hydrogens is 394 g/mol. The van der Waals surface area contributed by atoms with Gasteiger partial charge < -0.3 is 9.67 Å². The number of aromatic carboxylic acids is 1. The van der Waals surface area contributed by atoms with E-state index in [1.54, 1.807) is 6.07 Å². The van der Waals surface area contributed by atoms with Crippen molar-refractivity contribution in [1.82, 2.24) is 4.57 Å². The number of carboxylic acids is 1. The summed E-state index contributed by atoms with van der Waals surface area (Å²) in [7, 11) is 0. The number of hydrogen-bond donors (Lipinski definition) is 1. The minimum absolute atomic E-state index is 0.355. The van der Waals surface area contributed by atoms with Crippen molar-refractivity contribution in [2.24, 2.45) is 0 Å². The molecule has 0 fully saturated rings. The van der Waals surface area contributed by atoms with Gasteiger partial charge in [-0.15, -0.1) is 0 Å². The van der Waals surface area contributed by atoms with Gasteiger partial charge in [0.2, 0.25) is 0 Å². The van der Waals surface area contributed by atoms with E-state index in [9.17, 15) is 9.90 Å². The summed E-state index contributed by atoms with van der Waals surface area (Å²) in [6.45, 7) is 0.827. The molecule has 0 spiro atoms. The largest absolute Gasteiger partial charge is 0.478 e. The Hall–Kier alpha value is -4.11. The normalized spacial score (nSPS) is 11.0. The zero-order chi connectivity index (χ0) is 21.9. The fourth-order valence-corrected chi connectivity index (χ4v) is 4.24. The van der Waals surface area contributed by atoms with E-state index in [4.69, 9.17) is 0 Å². The van der Waals surface area contributed by atoms with Gasteiger partial charge in [0, 0.05) is 18.3 Å². The van der Waals surface area contributed by atoms with Crippen LogP contribution in [0.2, 0.25) is 0 Å². The number of benzene rings is 4. The van der Waals surface area contributed by atoms with Crippen molar-refractivity contribution in [1.29, 1.82) is 0 Å². The molecule has 0 amide bonds. The molecule has 0 aliphatic rings. The number of aromatic nitrogens is 1. The molecule has 3 heteroatoms. The van der Waals surface area contributed by atoms with Gasteiger partial charge in [-0.1, -0.05) is 78.9 Å². The second-order valence-corrected chi connectivity index (χ2v) is 8.04. The number of nitrogens with zero attached hydrogens (tertiary/aromatic N) is 1. The van der Waals surface area contributed by atoms with Crippen LogP contribution in [0.1, 0.15) is 27.0 Å². The third-order valence-corrected chi connectivity index (χ3v) is 5.87. The second-order valence-electron chi connectivity index (χ2n) is 8.04. The summed E-state index contributed by atoms with van der Waals surface area (Å²) >= 11 is 0. The highest BCUT2D eigenvalue weighted by Gasteiger charge is 2.13. The summed E-state index contributed by atoms with van der Waals surface area (Å²) < 4.78 is 2.24. The summed E-state index contributed by atoms with van der Waals surface area (Å²) in [6.07, 6.45) is 2.69. The molecule has 0 aliphatic heterocycles. The topological polar surface area (TPSA) is 42.2 Å². The summed E-state index contributed by atoms with van der Waals surface area (Å²) in [4.78, 5) is 12.0. The van der Waals surface area contributed by atoms with E-state index in [0.717, 1.165) is 34.2 Å². The Kier molecular flexibility index (Phi) is 5.30.